The Morgan fingerprint density at radius 2 is 2.30 bits per heavy atom. The van der Waals surface area contributed by atoms with Gasteiger partial charge in [-0.2, -0.15) is 10.1 Å². The van der Waals surface area contributed by atoms with E-state index in [1.807, 2.05) is 12.1 Å². The SMILES string of the molecule is CC(C)CCOc1ccc(/C=C\C(=O)Nc2ncn[nH]2)cc1N. The Labute approximate surface area is 135 Å². The second-order valence-electron chi connectivity index (χ2n) is 5.48. The van der Waals surface area contributed by atoms with Gasteiger partial charge in [0.1, 0.15) is 12.1 Å². The highest BCUT2D eigenvalue weighted by Crippen LogP contribution is 2.23. The van der Waals surface area contributed by atoms with Crippen LogP contribution in [0.3, 0.4) is 0 Å². The molecule has 0 aliphatic rings. The van der Waals surface area contributed by atoms with Crippen molar-refractivity contribution in [2.45, 2.75) is 20.3 Å². The molecule has 0 saturated heterocycles. The second kappa shape index (κ2) is 7.98. The van der Waals surface area contributed by atoms with E-state index >= 15 is 0 Å². The van der Waals surface area contributed by atoms with Gasteiger partial charge in [0.25, 0.3) is 5.91 Å². The number of nitrogens with zero attached hydrogens (tertiary/aromatic N) is 2. The molecule has 122 valence electrons. The first-order chi connectivity index (χ1) is 11.0. The van der Waals surface area contributed by atoms with Crippen LogP contribution in [0.15, 0.2) is 30.6 Å². The highest BCUT2D eigenvalue weighted by Gasteiger charge is 2.03. The molecule has 2 aromatic rings. The van der Waals surface area contributed by atoms with E-state index < -0.39 is 0 Å². The molecule has 1 heterocycles. The molecule has 0 aliphatic carbocycles. The van der Waals surface area contributed by atoms with Gasteiger partial charge in [0, 0.05) is 6.08 Å². The maximum Gasteiger partial charge on any atom is 0.250 e. The third-order valence-electron chi connectivity index (χ3n) is 3.07. The van der Waals surface area contributed by atoms with E-state index in [-0.39, 0.29) is 5.91 Å². The molecule has 0 spiro atoms. The quantitative estimate of drug-likeness (QED) is 0.537. The van der Waals surface area contributed by atoms with E-state index in [2.05, 4.69) is 34.3 Å². The van der Waals surface area contributed by atoms with Crippen LogP contribution in [-0.2, 0) is 4.79 Å². The average Bonchev–Trinajstić information content (AvgIpc) is 2.99. The van der Waals surface area contributed by atoms with Crippen molar-refractivity contribution in [3.05, 3.63) is 36.2 Å². The minimum Gasteiger partial charge on any atom is -0.491 e. The Morgan fingerprint density at radius 1 is 1.48 bits per heavy atom. The molecule has 0 aliphatic heterocycles. The molecule has 0 bridgehead atoms. The number of nitrogens with two attached hydrogens (primary N) is 1. The van der Waals surface area contributed by atoms with E-state index in [1.165, 1.54) is 12.4 Å². The zero-order valence-electron chi connectivity index (χ0n) is 13.2. The number of carbonyl (C=O) groups excluding carboxylic acids is 1. The number of aromatic nitrogens is 3. The number of aromatic amines is 1. The number of nitrogens with one attached hydrogen (secondary N) is 2. The van der Waals surface area contributed by atoms with Crippen LogP contribution in [-0.4, -0.2) is 27.7 Å². The van der Waals surface area contributed by atoms with Crippen molar-refractivity contribution in [3.8, 4) is 5.75 Å². The summed E-state index contributed by atoms with van der Waals surface area (Å²) in [6.07, 6.45) is 5.36. The number of H-pyrrole nitrogens is 1. The minimum absolute atomic E-state index is 0.299. The molecule has 1 aromatic heterocycles. The Hall–Kier alpha value is -2.83. The first kappa shape index (κ1) is 16.5. The molecule has 0 unspecified atom stereocenters. The van der Waals surface area contributed by atoms with Gasteiger partial charge < -0.3 is 10.5 Å². The zero-order chi connectivity index (χ0) is 16.7. The lowest BCUT2D eigenvalue weighted by Crippen LogP contribution is -2.09. The van der Waals surface area contributed by atoms with Gasteiger partial charge in [-0.05, 0) is 36.1 Å². The lowest BCUT2D eigenvalue weighted by Gasteiger charge is -2.10. The number of hydrogen-bond acceptors (Lipinski definition) is 5. The fourth-order valence-electron chi connectivity index (χ4n) is 1.80. The van der Waals surface area contributed by atoms with Gasteiger partial charge in [-0.15, -0.1) is 0 Å². The molecule has 4 N–H and O–H groups in total. The van der Waals surface area contributed by atoms with Crippen molar-refractivity contribution >= 4 is 23.6 Å². The lowest BCUT2D eigenvalue weighted by atomic mass is 10.1. The summed E-state index contributed by atoms with van der Waals surface area (Å²) in [4.78, 5) is 15.5. The molecule has 7 heteroatoms. The predicted molar refractivity (Wildman–Crippen MR) is 89.9 cm³/mol. The van der Waals surface area contributed by atoms with Crippen molar-refractivity contribution in [2.75, 3.05) is 17.7 Å². The summed E-state index contributed by atoms with van der Waals surface area (Å²) in [7, 11) is 0. The summed E-state index contributed by atoms with van der Waals surface area (Å²) in [6, 6.07) is 5.42. The van der Waals surface area contributed by atoms with Crippen LogP contribution in [0, 0.1) is 5.92 Å². The summed E-state index contributed by atoms with van der Waals surface area (Å²) < 4.78 is 5.65. The largest absolute Gasteiger partial charge is 0.491 e. The standard InChI is InChI=1S/C16H21N5O2/c1-11(2)7-8-23-14-5-3-12(9-13(14)17)4-6-15(22)20-16-18-10-19-21-16/h3-6,9-11H,7-8,17H2,1-2H3,(H2,18,19,20,21,22)/b6-4-. The maximum absolute atomic E-state index is 11.7. The van der Waals surface area contributed by atoms with Crippen molar-refractivity contribution < 1.29 is 9.53 Å². The number of amides is 1. The van der Waals surface area contributed by atoms with Gasteiger partial charge in [-0.25, -0.2) is 5.10 Å². The zero-order valence-corrected chi connectivity index (χ0v) is 13.2. The molecule has 2 rings (SSSR count). The van der Waals surface area contributed by atoms with Crippen molar-refractivity contribution in [1.29, 1.82) is 0 Å². The van der Waals surface area contributed by atoms with E-state index in [4.69, 9.17) is 10.5 Å². The third kappa shape index (κ3) is 5.46. The third-order valence-corrected chi connectivity index (χ3v) is 3.07. The van der Waals surface area contributed by atoms with Crippen LogP contribution in [0.4, 0.5) is 11.6 Å². The summed E-state index contributed by atoms with van der Waals surface area (Å²) in [6.45, 7) is 4.92. The minimum atomic E-state index is -0.308. The van der Waals surface area contributed by atoms with Crippen molar-refractivity contribution in [3.63, 3.8) is 0 Å². The van der Waals surface area contributed by atoms with Crippen molar-refractivity contribution in [2.24, 2.45) is 5.92 Å². The molecular weight excluding hydrogens is 294 g/mol. The lowest BCUT2D eigenvalue weighted by molar-refractivity contribution is -0.111. The number of anilines is 2. The topological polar surface area (TPSA) is 106 Å². The number of ether oxygens (including phenoxy) is 1. The van der Waals surface area contributed by atoms with Gasteiger partial charge in [0.2, 0.25) is 5.95 Å². The molecule has 7 nitrogen and oxygen atoms in total. The Morgan fingerprint density at radius 3 is 2.96 bits per heavy atom. The molecule has 1 amide bonds. The van der Waals surface area contributed by atoms with Crippen LogP contribution in [0.25, 0.3) is 6.08 Å². The van der Waals surface area contributed by atoms with Crippen LogP contribution >= 0.6 is 0 Å². The maximum atomic E-state index is 11.7. The second-order valence-corrected chi connectivity index (χ2v) is 5.48. The monoisotopic (exact) mass is 315 g/mol. The van der Waals surface area contributed by atoms with E-state index in [0.29, 0.717) is 29.9 Å². The first-order valence-corrected chi connectivity index (χ1v) is 7.41. The smallest absolute Gasteiger partial charge is 0.250 e. The number of benzene rings is 1. The van der Waals surface area contributed by atoms with E-state index in [9.17, 15) is 4.79 Å². The fraction of sp³-hybridized carbons (Fsp3) is 0.312. The number of rotatable bonds is 7. The summed E-state index contributed by atoms with van der Waals surface area (Å²) >= 11 is 0. The van der Waals surface area contributed by atoms with Crippen LogP contribution in [0.5, 0.6) is 5.75 Å². The Balaban J connectivity index is 1.91. The van der Waals surface area contributed by atoms with E-state index in [1.54, 1.807) is 12.1 Å². The Bertz CT molecular complexity index is 665. The summed E-state index contributed by atoms with van der Waals surface area (Å²) in [5.74, 6) is 1.24. The van der Waals surface area contributed by atoms with Gasteiger partial charge in [0.15, 0.2) is 0 Å². The molecule has 1 aromatic carbocycles. The highest BCUT2D eigenvalue weighted by atomic mass is 16.5. The van der Waals surface area contributed by atoms with Crippen LogP contribution in [0.1, 0.15) is 25.8 Å². The van der Waals surface area contributed by atoms with Gasteiger partial charge in [-0.1, -0.05) is 19.9 Å². The normalized spacial score (nSPS) is 11.1. The molecule has 0 saturated carbocycles. The fourth-order valence-corrected chi connectivity index (χ4v) is 1.80. The number of hydrogen-bond donors (Lipinski definition) is 3. The number of nitrogen functional groups attached to an aromatic ring is 1. The number of carbonyl (C=O) groups is 1. The molecule has 0 radical (unpaired) electrons. The molecule has 0 fully saturated rings. The van der Waals surface area contributed by atoms with Crippen molar-refractivity contribution in [1.82, 2.24) is 15.2 Å². The van der Waals surface area contributed by atoms with Gasteiger partial charge in [-0.3, -0.25) is 10.1 Å². The Kier molecular flexibility index (Phi) is 5.74. The molecule has 23 heavy (non-hydrogen) atoms. The predicted octanol–water partition coefficient (Wildman–Crippen LogP) is 2.46. The molecule has 0 atom stereocenters. The van der Waals surface area contributed by atoms with E-state index in [0.717, 1.165) is 12.0 Å². The summed E-state index contributed by atoms with van der Waals surface area (Å²) in [5, 5.41) is 8.74. The van der Waals surface area contributed by atoms with Crippen LogP contribution in [0.2, 0.25) is 0 Å². The summed E-state index contributed by atoms with van der Waals surface area (Å²) in [5.41, 5.74) is 7.33. The highest BCUT2D eigenvalue weighted by molar-refractivity contribution is 6.00. The average molecular weight is 315 g/mol. The van der Waals surface area contributed by atoms with Gasteiger partial charge in [0.05, 0.1) is 12.3 Å². The first-order valence-electron chi connectivity index (χ1n) is 7.41. The van der Waals surface area contributed by atoms with Gasteiger partial charge >= 0.3 is 0 Å². The van der Waals surface area contributed by atoms with Crippen LogP contribution < -0.4 is 15.8 Å². The molecular formula is C16H21N5O2.